The molecular formula is C13H19ClN2O2. The molecule has 5 heteroatoms. The molecule has 0 aliphatic rings. The minimum atomic E-state index is -0.605. The number of carbonyl (C=O) groups is 1. The normalized spacial score (nSPS) is 12.2. The van der Waals surface area contributed by atoms with Gasteiger partial charge in [0, 0.05) is 5.02 Å². The van der Waals surface area contributed by atoms with Gasteiger partial charge in [-0.2, -0.15) is 0 Å². The molecule has 0 radical (unpaired) electrons. The van der Waals surface area contributed by atoms with Crippen LogP contribution in [0, 0.1) is 6.92 Å². The molecule has 0 fully saturated rings. The van der Waals surface area contributed by atoms with Crippen LogP contribution in [0.1, 0.15) is 24.8 Å². The molecule has 0 unspecified atom stereocenters. The Kier molecular flexibility index (Phi) is 6.12. The Hall–Kier alpha value is -1.10. The Labute approximate surface area is 112 Å². The maximum absolute atomic E-state index is 11.7. The molecule has 1 aromatic carbocycles. The van der Waals surface area contributed by atoms with Gasteiger partial charge in [0.05, 0.1) is 0 Å². The third-order valence-electron chi connectivity index (χ3n) is 2.62. The van der Waals surface area contributed by atoms with Gasteiger partial charge in [-0.25, -0.2) is 4.79 Å². The van der Waals surface area contributed by atoms with E-state index in [9.17, 15) is 4.79 Å². The zero-order valence-electron chi connectivity index (χ0n) is 10.5. The number of hydrogen-bond donors (Lipinski definition) is 2. The summed E-state index contributed by atoms with van der Waals surface area (Å²) in [5, 5.41) is 0.611. The van der Waals surface area contributed by atoms with Crippen LogP contribution in [0.5, 0.6) is 5.75 Å². The van der Waals surface area contributed by atoms with Gasteiger partial charge in [-0.15, -0.1) is 0 Å². The number of hydrogen-bond acceptors (Lipinski definition) is 4. The van der Waals surface area contributed by atoms with Crippen molar-refractivity contribution < 1.29 is 9.53 Å². The summed E-state index contributed by atoms with van der Waals surface area (Å²) in [6, 6.07) is 4.48. The number of aryl methyl sites for hydroxylation is 1. The molecule has 18 heavy (non-hydrogen) atoms. The molecule has 0 aliphatic carbocycles. The number of carbonyl (C=O) groups excluding carboxylic acids is 1. The first-order valence-electron chi connectivity index (χ1n) is 5.98. The molecule has 100 valence electrons. The Balaban J connectivity index is 2.53. The number of rotatable bonds is 6. The van der Waals surface area contributed by atoms with Crippen molar-refractivity contribution in [1.29, 1.82) is 0 Å². The molecule has 0 aliphatic heterocycles. The highest BCUT2D eigenvalue weighted by Gasteiger charge is 2.16. The molecule has 0 saturated carbocycles. The van der Waals surface area contributed by atoms with Crippen molar-refractivity contribution in [2.24, 2.45) is 11.5 Å². The van der Waals surface area contributed by atoms with E-state index in [0.29, 0.717) is 23.7 Å². The summed E-state index contributed by atoms with van der Waals surface area (Å²) in [6.45, 7) is 2.44. The predicted molar refractivity (Wildman–Crippen MR) is 72.7 cm³/mol. The average molecular weight is 271 g/mol. The Morgan fingerprint density at radius 2 is 2.17 bits per heavy atom. The lowest BCUT2D eigenvalue weighted by Gasteiger charge is -2.12. The first kappa shape index (κ1) is 15.0. The Bertz CT molecular complexity index is 410. The zero-order valence-corrected chi connectivity index (χ0v) is 11.2. The summed E-state index contributed by atoms with van der Waals surface area (Å²) in [5.74, 6) is 0.0797. The van der Waals surface area contributed by atoms with Crippen LogP contribution in [0.3, 0.4) is 0 Å². The van der Waals surface area contributed by atoms with Gasteiger partial charge >= 0.3 is 5.97 Å². The van der Waals surface area contributed by atoms with Crippen molar-refractivity contribution in [3.05, 3.63) is 28.8 Å². The van der Waals surface area contributed by atoms with E-state index in [4.69, 9.17) is 27.8 Å². The van der Waals surface area contributed by atoms with Crippen LogP contribution in [-0.2, 0) is 4.79 Å². The molecule has 1 atom stereocenters. The number of esters is 1. The second-order valence-electron chi connectivity index (χ2n) is 4.22. The third kappa shape index (κ3) is 4.64. The molecule has 0 heterocycles. The molecule has 4 nitrogen and oxygen atoms in total. The number of ether oxygens (including phenoxy) is 1. The fourth-order valence-corrected chi connectivity index (χ4v) is 1.76. The highest BCUT2D eigenvalue weighted by Crippen LogP contribution is 2.22. The topological polar surface area (TPSA) is 78.3 Å². The lowest BCUT2D eigenvalue weighted by Crippen LogP contribution is -2.34. The standard InChI is InChI=1S/C13H19ClN2O2/c1-9-8-10(14)5-6-12(9)18-13(17)11(16)4-2-3-7-15/h5-6,8,11H,2-4,7,15-16H2,1H3/t11-/m0/s1. The maximum atomic E-state index is 11.7. The fraction of sp³-hybridized carbons (Fsp3) is 0.462. The second kappa shape index (κ2) is 7.36. The second-order valence-corrected chi connectivity index (χ2v) is 4.66. The van der Waals surface area contributed by atoms with E-state index in [1.165, 1.54) is 0 Å². The quantitative estimate of drug-likeness (QED) is 0.471. The lowest BCUT2D eigenvalue weighted by molar-refractivity contribution is -0.136. The van der Waals surface area contributed by atoms with Crippen LogP contribution >= 0.6 is 11.6 Å². The van der Waals surface area contributed by atoms with Crippen LogP contribution in [0.25, 0.3) is 0 Å². The van der Waals surface area contributed by atoms with Crippen LogP contribution in [0.2, 0.25) is 5.02 Å². The minimum Gasteiger partial charge on any atom is -0.425 e. The van der Waals surface area contributed by atoms with Crippen molar-refractivity contribution in [1.82, 2.24) is 0 Å². The maximum Gasteiger partial charge on any atom is 0.328 e. The van der Waals surface area contributed by atoms with Crippen molar-refractivity contribution >= 4 is 17.6 Å². The molecular weight excluding hydrogens is 252 g/mol. The molecule has 0 amide bonds. The molecule has 4 N–H and O–H groups in total. The molecule has 0 bridgehead atoms. The number of nitrogens with two attached hydrogens (primary N) is 2. The van der Waals surface area contributed by atoms with Crippen LogP contribution < -0.4 is 16.2 Å². The van der Waals surface area contributed by atoms with E-state index >= 15 is 0 Å². The van der Waals surface area contributed by atoms with Gasteiger partial charge < -0.3 is 16.2 Å². The number of unbranched alkanes of at least 4 members (excludes halogenated alkanes) is 1. The van der Waals surface area contributed by atoms with E-state index in [1.807, 2.05) is 6.92 Å². The average Bonchev–Trinajstić information content (AvgIpc) is 2.32. The Morgan fingerprint density at radius 3 is 2.78 bits per heavy atom. The van der Waals surface area contributed by atoms with Gasteiger partial charge in [0.15, 0.2) is 0 Å². The van der Waals surface area contributed by atoms with E-state index in [2.05, 4.69) is 0 Å². The highest BCUT2D eigenvalue weighted by atomic mass is 35.5. The van der Waals surface area contributed by atoms with E-state index in [0.717, 1.165) is 18.4 Å². The summed E-state index contributed by atoms with van der Waals surface area (Å²) < 4.78 is 5.24. The van der Waals surface area contributed by atoms with E-state index in [-0.39, 0.29) is 0 Å². The smallest absolute Gasteiger partial charge is 0.328 e. The van der Waals surface area contributed by atoms with Gasteiger partial charge in [-0.1, -0.05) is 18.0 Å². The summed E-state index contributed by atoms with van der Waals surface area (Å²) in [4.78, 5) is 11.7. The van der Waals surface area contributed by atoms with Gasteiger partial charge in [-0.05, 0) is 50.1 Å². The molecule has 0 spiro atoms. The minimum absolute atomic E-state index is 0.419. The van der Waals surface area contributed by atoms with Crippen molar-refractivity contribution in [2.75, 3.05) is 6.54 Å². The van der Waals surface area contributed by atoms with Gasteiger partial charge in [0.25, 0.3) is 0 Å². The Morgan fingerprint density at radius 1 is 1.44 bits per heavy atom. The largest absolute Gasteiger partial charge is 0.425 e. The van der Waals surface area contributed by atoms with Gasteiger partial charge in [0.2, 0.25) is 0 Å². The van der Waals surface area contributed by atoms with Crippen LogP contribution in [0.15, 0.2) is 18.2 Å². The molecule has 0 saturated heterocycles. The number of halogens is 1. The lowest BCUT2D eigenvalue weighted by atomic mass is 10.1. The highest BCUT2D eigenvalue weighted by molar-refractivity contribution is 6.30. The first-order valence-corrected chi connectivity index (χ1v) is 6.36. The van der Waals surface area contributed by atoms with E-state index < -0.39 is 12.0 Å². The third-order valence-corrected chi connectivity index (χ3v) is 2.85. The first-order chi connectivity index (χ1) is 8.54. The summed E-state index contributed by atoms with van der Waals surface area (Å²) in [7, 11) is 0. The monoisotopic (exact) mass is 270 g/mol. The van der Waals surface area contributed by atoms with Crippen molar-refractivity contribution in [3.8, 4) is 5.75 Å². The summed E-state index contributed by atoms with van der Waals surface area (Å²) >= 11 is 5.82. The van der Waals surface area contributed by atoms with Crippen LogP contribution in [-0.4, -0.2) is 18.6 Å². The fourth-order valence-electron chi connectivity index (χ4n) is 1.54. The van der Waals surface area contributed by atoms with Crippen molar-refractivity contribution in [2.45, 2.75) is 32.2 Å². The van der Waals surface area contributed by atoms with Crippen molar-refractivity contribution in [3.63, 3.8) is 0 Å². The zero-order chi connectivity index (χ0) is 13.5. The SMILES string of the molecule is Cc1cc(Cl)ccc1OC(=O)[C@@H](N)CCCCN. The van der Waals surface area contributed by atoms with Gasteiger partial charge in [-0.3, -0.25) is 0 Å². The molecule has 0 aromatic heterocycles. The predicted octanol–water partition coefficient (Wildman–Crippen LogP) is 2.01. The summed E-state index contributed by atoms with van der Waals surface area (Å²) in [5.41, 5.74) is 11.9. The molecule has 1 aromatic rings. The summed E-state index contributed by atoms with van der Waals surface area (Å²) in [6.07, 6.45) is 2.27. The van der Waals surface area contributed by atoms with Gasteiger partial charge in [0.1, 0.15) is 11.8 Å². The van der Waals surface area contributed by atoms with E-state index in [1.54, 1.807) is 18.2 Å². The molecule has 1 rings (SSSR count). The van der Waals surface area contributed by atoms with Crippen LogP contribution in [0.4, 0.5) is 0 Å². The number of benzene rings is 1.